The van der Waals surface area contributed by atoms with Crippen LogP contribution >= 0.6 is 0 Å². The Kier molecular flexibility index (Phi) is 7.23. The van der Waals surface area contributed by atoms with Crippen molar-refractivity contribution in [3.8, 4) is 11.8 Å². The third-order valence-electron chi connectivity index (χ3n) is 8.72. The highest BCUT2D eigenvalue weighted by molar-refractivity contribution is 5.39. The molecule has 0 aromatic heterocycles. The number of rotatable bonds is 9. The topological polar surface area (TPSA) is 39.5 Å². The summed E-state index contributed by atoms with van der Waals surface area (Å²) in [5, 5.41) is 8.89. The fourth-order valence-corrected chi connectivity index (χ4v) is 7.03. The maximum Gasteiger partial charge on any atom is 0.119 e. The molecule has 180 valence electrons. The largest absolute Gasteiger partial charge is 0.494 e. The van der Waals surface area contributed by atoms with Crippen molar-refractivity contribution < 1.29 is 4.74 Å². The molecule has 1 aliphatic carbocycles. The molecule has 4 nitrogen and oxygen atoms in total. The molecule has 0 spiro atoms. The molecule has 1 unspecified atom stereocenters. The van der Waals surface area contributed by atoms with Gasteiger partial charge in [-0.05, 0) is 93.4 Å². The summed E-state index contributed by atoms with van der Waals surface area (Å²) in [6.07, 6.45) is 10.3. The smallest absolute Gasteiger partial charge is 0.119 e. The first kappa shape index (κ1) is 23.4. The highest BCUT2D eigenvalue weighted by Crippen LogP contribution is 2.53. The number of likely N-dealkylation sites (tertiary alicyclic amines) is 1. The van der Waals surface area contributed by atoms with Gasteiger partial charge >= 0.3 is 0 Å². The average Bonchev–Trinajstić information content (AvgIpc) is 3.39. The zero-order valence-corrected chi connectivity index (χ0v) is 20.7. The Balaban J connectivity index is 1.12. The Labute approximate surface area is 205 Å². The molecule has 2 heterocycles. The van der Waals surface area contributed by atoms with E-state index in [9.17, 15) is 0 Å². The number of ether oxygens (including phenoxy) is 1. The van der Waals surface area contributed by atoms with Crippen molar-refractivity contribution >= 4 is 0 Å². The van der Waals surface area contributed by atoms with E-state index in [0.29, 0.717) is 5.56 Å². The summed E-state index contributed by atoms with van der Waals surface area (Å²) in [5.41, 5.74) is 4.18. The van der Waals surface area contributed by atoms with E-state index < -0.39 is 0 Å². The van der Waals surface area contributed by atoms with E-state index in [1.165, 1.54) is 71.1 Å². The van der Waals surface area contributed by atoms with Gasteiger partial charge in [0.1, 0.15) is 5.75 Å². The van der Waals surface area contributed by atoms with Crippen LogP contribution in [-0.4, -0.2) is 49.6 Å². The quantitative estimate of drug-likeness (QED) is 0.459. The van der Waals surface area contributed by atoms with Crippen LogP contribution in [0.3, 0.4) is 0 Å². The zero-order chi connectivity index (χ0) is 23.4. The number of hydrogen-bond acceptors (Lipinski definition) is 4. The van der Waals surface area contributed by atoms with Gasteiger partial charge < -0.3 is 9.64 Å². The van der Waals surface area contributed by atoms with Crippen LogP contribution in [0.25, 0.3) is 0 Å². The van der Waals surface area contributed by atoms with Crippen molar-refractivity contribution in [3.05, 3.63) is 65.2 Å². The number of hydrogen-bond donors (Lipinski definition) is 0. The van der Waals surface area contributed by atoms with Gasteiger partial charge in [0.05, 0.1) is 23.8 Å². The predicted octanol–water partition coefficient (Wildman–Crippen LogP) is 5.61. The number of likely N-dealkylation sites (N-methyl/N-ethyl adjacent to an activating group) is 1. The Bertz CT molecular complexity index is 985. The van der Waals surface area contributed by atoms with E-state index in [2.05, 4.69) is 47.2 Å². The standard InChI is InChI=1S/C30H39N3O/c1-32-19-17-25-9-3-6-12-29(25)30(32,26-10-4-5-11-26)27-22-33(23-27)18-7-2-8-20-34-28-15-13-24(21-31)14-16-28/h3,6,9,12-16,26-27H,2,4-5,7-8,10-11,17-20,22-23H2,1H3. The molecular weight excluding hydrogens is 418 g/mol. The summed E-state index contributed by atoms with van der Waals surface area (Å²) in [6, 6.07) is 18.9. The lowest BCUT2D eigenvalue weighted by Gasteiger charge is -2.60. The highest BCUT2D eigenvalue weighted by Gasteiger charge is 2.55. The van der Waals surface area contributed by atoms with E-state index in [4.69, 9.17) is 10.00 Å². The molecule has 34 heavy (non-hydrogen) atoms. The van der Waals surface area contributed by atoms with Crippen LogP contribution in [0.5, 0.6) is 5.75 Å². The number of benzene rings is 2. The third kappa shape index (κ3) is 4.49. The van der Waals surface area contributed by atoms with E-state index in [1.54, 1.807) is 11.1 Å². The molecule has 0 N–H and O–H groups in total. The van der Waals surface area contributed by atoms with Crippen LogP contribution in [0.4, 0.5) is 0 Å². The molecule has 2 aromatic carbocycles. The number of unbranched alkanes of at least 4 members (excludes halogenated alkanes) is 2. The molecule has 1 saturated heterocycles. The molecule has 4 heteroatoms. The molecular formula is C30H39N3O. The SMILES string of the molecule is CN1CCc2ccccc2C1(C1CCCC1)C1CN(CCCCCOc2ccc(C#N)cc2)C1. The maximum absolute atomic E-state index is 8.89. The summed E-state index contributed by atoms with van der Waals surface area (Å²) < 4.78 is 5.84. The summed E-state index contributed by atoms with van der Waals surface area (Å²) >= 11 is 0. The second kappa shape index (κ2) is 10.5. The molecule has 2 aliphatic heterocycles. The molecule has 2 aromatic rings. The molecule has 0 bridgehead atoms. The van der Waals surface area contributed by atoms with Crippen LogP contribution < -0.4 is 4.74 Å². The monoisotopic (exact) mass is 457 g/mol. The van der Waals surface area contributed by atoms with E-state index in [1.807, 2.05) is 24.3 Å². The van der Waals surface area contributed by atoms with Gasteiger partial charge in [-0.25, -0.2) is 0 Å². The Morgan fingerprint density at radius 2 is 1.74 bits per heavy atom. The first-order valence-corrected chi connectivity index (χ1v) is 13.4. The fourth-order valence-electron chi connectivity index (χ4n) is 7.03. The Morgan fingerprint density at radius 3 is 2.50 bits per heavy atom. The van der Waals surface area contributed by atoms with Crippen molar-refractivity contribution in [2.75, 3.05) is 39.8 Å². The van der Waals surface area contributed by atoms with Gasteiger partial charge in [-0.2, -0.15) is 5.26 Å². The fraction of sp³-hybridized carbons (Fsp3) is 0.567. The minimum atomic E-state index is 0.247. The van der Waals surface area contributed by atoms with Gasteiger partial charge in [-0.15, -0.1) is 0 Å². The second-order valence-corrected chi connectivity index (χ2v) is 10.6. The third-order valence-corrected chi connectivity index (χ3v) is 8.72. The zero-order valence-electron chi connectivity index (χ0n) is 20.7. The minimum absolute atomic E-state index is 0.247. The summed E-state index contributed by atoms with van der Waals surface area (Å²) in [4.78, 5) is 5.45. The van der Waals surface area contributed by atoms with E-state index >= 15 is 0 Å². The molecule has 2 fully saturated rings. The van der Waals surface area contributed by atoms with Crippen LogP contribution in [-0.2, 0) is 12.0 Å². The van der Waals surface area contributed by atoms with Gasteiger partial charge in [0.15, 0.2) is 0 Å². The molecule has 0 radical (unpaired) electrons. The lowest BCUT2D eigenvalue weighted by molar-refractivity contribution is -0.0819. The van der Waals surface area contributed by atoms with Crippen LogP contribution in [0.1, 0.15) is 61.6 Å². The number of fused-ring (bicyclic) bond motifs is 1. The molecule has 1 atom stereocenters. The van der Waals surface area contributed by atoms with E-state index in [-0.39, 0.29) is 5.54 Å². The van der Waals surface area contributed by atoms with Crippen LogP contribution in [0.15, 0.2) is 48.5 Å². The molecule has 1 saturated carbocycles. The minimum Gasteiger partial charge on any atom is -0.494 e. The van der Waals surface area contributed by atoms with Gasteiger partial charge in [0.2, 0.25) is 0 Å². The molecule has 5 rings (SSSR count). The lowest BCUT2D eigenvalue weighted by Crippen LogP contribution is -2.66. The van der Waals surface area contributed by atoms with Crippen molar-refractivity contribution in [3.63, 3.8) is 0 Å². The van der Waals surface area contributed by atoms with Crippen molar-refractivity contribution in [2.24, 2.45) is 11.8 Å². The second-order valence-electron chi connectivity index (χ2n) is 10.6. The lowest BCUT2D eigenvalue weighted by atomic mass is 9.62. The summed E-state index contributed by atoms with van der Waals surface area (Å²) in [6.45, 7) is 5.65. The predicted molar refractivity (Wildman–Crippen MR) is 137 cm³/mol. The van der Waals surface area contributed by atoms with Crippen LogP contribution in [0.2, 0.25) is 0 Å². The summed E-state index contributed by atoms with van der Waals surface area (Å²) in [7, 11) is 2.41. The molecule has 0 amide bonds. The first-order valence-electron chi connectivity index (χ1n) is 13.4. The average molecular weight is 458 g/mol. The first-order chi connectivity index (χ1) is 16.7. The molecule has 3 aliphatic rings. The van der Waals surface area contributed by atoms with Crippen molar-refractivity contribution in [2.45, 2.75) is 56.9 Å². The van der Waals surface area contributed by atoms with Gasteiger partial charge in [0, 0.05) is 25.6 Å². The number of nitriles is 1. The summed E-state index contributed by atoms with van der Waals surface area (Å²) in [5.74, 6) is 2.42. The Hall–Kier alpha value is -2.35. The van der Waals surface area contributed by atoms with E-state index in [0.717, 1.165) is 30.6 Å². The number of nitrogens with zero attached hydrogens (tertiary/aromatic N) is 3. The normalized spacial score (nSPS) is 23.9. The van der Waals surface area contributed by atoms with Crippen LogP contribution in [0, 0.1) is 23.2 Å². The van der Waals surface area contributed by atoms with Gasteiger partial charge in [-0.1, -0.05) is 37.1 Å². The van der Waals surface area contributed by atoms with Gasteiger partial charge in [-0.3, -0.25) is 4.90 Å². The van der Waals surface area contributed by atoms with Gasteiger partial charge in [0.25, 0.3) is 0 Å². The van der Waals surface area contributed by atoms with Crippen molar-refractivity contribution in [1.29, 1.82) is 5.26 Å². The maximum atomic E-state index is 8.89. The Morgan fingerprint density at radius 1 is 0.971 bits per heavy atom. The van der Waals surface area contributed by atoms with Crippen molar-refractivity contribution in [1.82, 2.24) is 9.80 Å². The highest BCUT2D eigenvalue weighted by atomic mass is 16.5.